The monoisotopic (exact) mass is 273 g/mol. The van der Waals surface area contributed by atoms with Gasteiger partial charge in [0.25, 0.3) is 0 Å². The Bertz CT molecular complexity index is 561. The normalized spacial score (nSPS) is 30.2. The van der Waals surface area contributed by atoms with Gasteiger partial charge in [-0.1, -0.05) is 30.4 Å². The first-order chi connectivity index (χ1) is 9.36. The number of hydrogen-bond acceptors (Lipinski definition) is 4. The molecular weight excluding hydrogens is 254 g/mol. The van der Waals surface area contributed by atoms with Crippen LogP contribution in [0.3, 0.4) is 0 Å². The first-order valence-corrected chi connectivity index (χ1v) is 8.01. The number of aromatic nitrogens is 1. The second-order valence-corrected chi connectivity index (χ2v) is 6.68. The number of nitrogens with one attached hydrogen (secondary N) is 1. The molecule has 0 amide bonds. The van der Waals surface area contributed by atoms with Gasteiger partial charge < -0.3 is 10.2 Å². The molecule has 19 heavy (non-hydrogen) atoms. The zero-order valence-electron chi connectivity index (χ0n) is 11.2. The highest BCUT2D eigenvalue weighted by Crippen LogP contribution is 2.40. The maximum absolute atomic E-state index is 4.84. The summed E-state index contributed by atoms with van der Waals surface area (Å²) in [4.78, 5) is 7.41. The summed E-state index contributed by atoms with van der Waals surface area (Å²) in [7, 11) is 0. The van der Waals surface area contributed by atoms with Crippen molar-refractivity contribution in [3.8, 4) is 0 Å². The highest BCUT2D eigenvalue weighted by atomic mass is 32.1. The van der Waals surface area contributed by atoms with Gasteiger partial charge in [0.05, 0.1) is 10.2 Å². The number of para-hydroxylation sites is 1. The average Bonchev–Trinajstić information content (AvgIpc) is 3.10. The number of rotatable bonds is 2. The maximum atomic E-state index is 4.84. The van der Waals surface area contributed by atoms with E-state index >= 15 is 0 Å². The molecule has 3 atom stereocenters. The smallest absolute Gasteiger partial charge is 0.186 e. The zero-order chi connectivity index (χ0) is 12.8. The Hall–Kier alpha value is -1.13. The Morgan fingerprint density at radius 2 is 2.26 bits per heavy atom. The Kier molecular flexibility index (Phi) is 2.74. The number of anilines is 1. The summed E-state index contributed by atoms with van der Waals surface area (Å²) >= 11 is 1.85. The van der Waals surface area contributed by atoms with Crippen LogP contribution in [0.1, 0.15) is 13.3 Å². The third-order valence-corrected chi connectivity index (χ3v) is 5.74. The van der Waals surface area contributed by atoms with Gasteiger partial charge in [0, 0.05) is 25.7 Å². The lowest BCUT2D eigenvalue weighted by Crippen LogP contribution is -2.34. The van der Waals surface area contributed by atoms with Gasteiger partial charge in [-0.25, -0.2) is 4.98 Å². The predicted molar refractivity (Wildman–Crippen MR) is 80.9 cm³/mol. The Labute approximate surface area is 117 Å². The lowest BCUT2D eigenvalue weighted by molar-refractivity contribution is 0.442. The van der Waals surface area contributed by atoms with Crippen LogP contribution in [0.25, 0.3) is 10.2 Å². The molecule has 2 fully saturated rings. The Morgan fingerprint density at radius 3 is 3.11 bits per heavy atom. The van der Waals surface area contributed by atoms with E-state index in [1.54, 1.807) is 0 Å². The molecule has 3 nitrogen and oxygen atoms in total. The minimum Gasteiger partial charge on any atom is -0.344 e. The molecule has 1 N–H and O–H groups in total. The van der Waals surface area contributed by atoms with Crippen LogP contribution in [0, 0.1) is 11.8 Å². The molecule has 0 radical (unpaired) electrons. The molecule has 1 aromatic carbocycles. The van der Waals surface area contributed by atoms with E-state index in [4.69, 9.17) is 4.98 Å². The fraction of sp³-hybridized carbons (Fsp3) is 0.533. The molecular formula is C15H19N3S. The fourth-order valence-corrected chi connectivity index (χ4v) is 4.78. The summed E-state index contributed by atoms with van der Waals surface area (Å²) in [6.45, 7) is 5.86. The summed E-state index contributed by atoms with van der Waals surface area (Å²) in [5.41, 5.74) is 1.15. The van der Waals surface area contributed by atoms with Crippen LogP contribution in [0.15, 0.2) is 24.3 Å². The first-order valence-electron chi connectivity index (χ1n) is 7.19. The van der Waals surface area contributed by atoms with Crippen molar-refractivity contribution in [2.45, 2.75) is 19.4 Å². The standard InChI is InChI=1S/C15H19N3S/c1-2-13-11-8-16-7-10(11)9-18(13)15-17-12-5-3-4-6-14(12)19-15/h3-6,10-11,13,16H,2,7-9H2,1H3. The van der Waals surface area contributed by atoms with Gasteiger partial charge in [-0.05, 0) is 30.4 Å². The second kappa shape index (κ2) is 4.46. The molecule has 4 heteroatoms. The molecule has 2 aliphatic rings. The average molecular weight is 273 g/mol. The quantitative estimate of drug-likeness (QED) is 0.912. The second-order valence-electron chi connectivity index (χ2n) is 5.67. The molecule has 100 valence electrons. The summed E-state index contributed by atoms with van der Waals surface area (Å²) in [6.07, 6.45) is 1.22. The van der Waals surface area contributed by atoms with E-state index in [2.05, 4.69) is 41.4 Å². The molecule has 3 heterocycles. The highest BCUT2D eigenvalue weighted by molar-refractivity contribution is 7.22. The van der Waals surface area contributed by atoms with Crippen LogP contribution in [-0.2, 0) is 0 Å². The van der Waals surface area contributed by atoms with Crippen molar-refractivity contribution in [2.75, 3.05) is 24.5 Å². The third-order valence-electron chi connectivity index (χ3n) is 4.66. The lowest BCUT2D eigenvalue weighted by Gasteiger charge is -2.26. The topological polar surface area (TPSA) is 28.2 Å². The van der Waals surface area contributed by atoms with Crippen molar-refractivity contribution in [2.24, 2.45) is 11.8 Å². The van der Waals surface area contributed by atoms with E-state index in [1.807, 2.05) is 11.3 Å². The van der Waals surface area contributed by atoms with Gasteiger partial charge in [-0.3, -0.25) is 0 Å². The van der Waals surface area contributed by atoms with E-state index in [9.17, 15) is 0 Å². The summed E-state index contributed by atoms with van der Waals surface area (Å²) < 4.78 is 1.31. The van der Waals surface area contributed by atoms with Gasteiger partial charge in [0.15, 0.2) is 5.13 Å². The SMILES string of the molecule is CCC1C2CNCC2CN1c1nc2ccccc2s1. The molecule has 0 aliphatic carbocycles. The zero-order valence-corrected chi connectivity index (χ0v) is 12.0. The van der Waals surface area contributed by atoms with Crippen LogP contribution < -0.4 is 10.2 Å². The van der Waals surface area contributed by atoms with Crippen LogP contribution in [0.5, 0.6) is 0 Å². The number of thiazole rings is 1. The fourth-order valence-electron chi connectivity index (χ4n) is 3.75. The molecule has 2 saturated heterocycles. The maximum Gasteiger partial charge on any atom is 0.186 e. The van der Waals surface area contributed by atoms with E-state index in [0.717, 1.165) is 17.4 Å². The molecule has 0 saturated carbocycles. The van der Waals surface area contributed by atoms with Crippen molar-refractivity contribution in [1.29, 1.82) is 0 Å². The van der Waals surface area contributed by atoms with E-state index < -0.39 is 0 Å². The van der Waals surface area contributed by atoms with Crippen molar-refractivity contribution in [3.05, 3.63) is 24.3 Å². The largest absolute Gasteiger partial charge is 0.344 e. The molecule has 1 aromatic heterocycles. The predicted octanol–water partition coefficient (Wildman–Crippen LogP) is 2.73. The van der Waals surface area contributed by atoms with Gasteiger partial charge in [0.2, 0.25) is 0 Å². The first kappa shape index (κ1) is 11.7. The Balaban J connectivity index is 1.71. The molecule has 3 unspecified atom stereocenters. The van der Waals surface area contributed by atoms with Gasteiger partial charge in [-0.15, -0.1) is 0 Å². The third kappa shape index (κ3) is 1.77. The molecule has 2 aliphatic heterocycles. The van der Waals surface area contributed by atoms with Crippen LogP contribution in [0.2, 0.25) is 0 Å². The summed E-state index contributed by atoms with van der Waals surface area (Å²) in [5, 5.41) is 4.77. The van der Waals surface area contributed by atoms with Gasteiger partial charge >= 0.3 is 0 Å². The Morgan fingerprint density at radius 1 is 1.37 bits per heavy atom. The number of hydrogen-bond donors (Lipinski definition) is 1. The summed E-state index contributed by atoms with van der Waals surface area (Å²) in [5.74, 6) is 1.63. The van der Waals surface area contributed by atoms with Crippen LogP contribution in [0.4, 0.5) is 5.13 Å². The van der Waals surface area contributed by atoms with Crippen molar-refractivity contribution < 1.29 is 0 Å². The van der Waals surface area contributed by atoms with Crippen LogP contribution in [-0.4, -0.2) is 30.7 Å². The molecule has 2 aromatic rings. The van der Waals surface area contributed by atoms with Gasteiger partial charge in [0.1, 0.15) is 0 Å². The van der Waals surface area contributed by atoms with E-state index in [0.29, 0.717) is 6.04 Å². The summed E-state index contributed by atoms with van der Waals surface area (Å²) in [6, 6.07) is 9.14. The van der Waals surface area contributed by atoms with E-state index in [1.165, 1.54) is 35.9 Å². The highest BCUT2D eigenvalue weighted by Gasteiger charge is 2.44. The minimum atomic E-state index is 0.667. The lowest BCUT2D eigenvalue weighted by atomic mass is 9.93. The molecule has 0 bridgehead atoms. The van der Waals surface area contributed by atoms with Crippen molar-refractivity contribution in [1.82, 2.24) is 10.3 Å². The van der Waals surface area contributed by atoms with Crippen molar-refractivity contribution in [3.63, 3.8) is 0 Å². The number of nitrogens with zero attached hydrogens (tertiary/aromatic N) is 2. The number of fused-ring (bicyclic) bond motifs is 2. The molecule has 0 spiro atoms. The van der Waals surface area contributed by atoms with E-state index in [-0.39, 0.29) is 0 Å². The van der Waals surface area contributed by atoms with Gasteiger partial charge in [-0.2, -0.15) is 0 Å². The number of benzene rings is 1. The molecule has 4 rings (SSSR count). The van der Waals surface area contributed by atoms with Crippen molar-refractivity contribution >= 4 is 26.7 Å². The minimum absolute atomic E-state index is 0.667. The van der Waals surface area contributed by atoms with Crippen LogP contribution >= 0.6 is 11.3 Å².